The molecule has 0 aliphatic heterocycles. The molecule has 132 valence electrons. The molecule has 0 aliphatic carbocycles. The van der Waals surface area contributed by atoms with Gasteiger partial charge in [-0.3, -0.25) is 4.79 Å². The van der Waals surface area contributed by atoms with E-state index >= 15 is 0 Å². The molecule has 0 aromatic heterocycles. The Labute approximate surface area is 173 Å². The number of halogens is 2. The standard InChI is InChI=1S/C20H26I2O2/c1-2-3-8-13-18(21)14-9-6-4-5-7-10-15-19(22)16-11-12-17-20(23)24/h2-3,7,10,14,16H,5,8-9,11-13,15,17H2,1H3,(H,23,24)/b3-2+,10-7-,18-14+,19-16+. The largest absolute Gasteiger partial charge is 0.481 e. The van der Waals surface area contributed by atoms with Crippen molar-refractivity contribution in [2.75, 3.05) is 0 Å². The highest BCUT2D eigenvalue weighted by atomic mass is 127. The highest BCUT2D eigenvalue weighted by Gasteiger charge is 1.95. The van der Waals surface area contributed by atoms with Crippen molar-refractivity contribution < 1.29 is 9.90 Å². The van der Waals surface area contributed by atoms with Crippen molar-refractivity contribution in [2.24, 2.45) is 0 Å². The first-order valence-corrected chi connectivity index (χ1v) is 10.3. The Kier molecular flexibility index (Phi) is 16.9. The van der Waals surface area contributed by atoms with Crippen molar-refractivity contribution in [1.82, 2.24) is 0 Å². The molecule has 0 bridgehead atoms. The molecule has 0 atom stereocenters. The van der Waals surface area contributed by atoms with Crippen molar-refractivity contribution >= 4 is 51.2 Å². The fourth-order valence-electron chi connectivity index (χ4n) is 1.73. The highest BCUT2D eigenvalue weighted by Crippen LogP contribution is 2.15. The van der Waals surface area contributed by atoms with Crippen molar-refractivity contribution in [3.8, 4) is 11.8 Å². The number of carboxylic acids is 1. The summed E-state index contributed by atoms with van der Waals surface area (Å²) in [6.45, 7) is 2.05. The number of carboxylic acid groups (broad SMARTS) is 1. The zero-order valence-corrected chi connectivity index (χ0v) is 18.5. The number of carbonyl (C=O) groups is 1. The van der Waals surface area contributed by atoms with Crippen LogP contribution in [0.3, 0.4) is 0 Å². The number of unbranched alkanes of at least 4 members (excludes halogenated alkanes) is 1. The Bertz CT molecular complexity index is 532. The van der Waals surface area contributed by atoms with Crippen molar-refractivity contribution in [3.63, 3.8) is 0 Å². The molecule has 1 N–H and O–H groups in total. The summed E-state index contributed by atoms with van der Waals surface area (Å²) in [5, 5.41) is 8.57. The minimum atomic E-state index is -0.723. The van der Waals surface area contributed by atoms with Gasteiger partial charge in [-0.2, -0.15) is 0 Å². The maximum atomic E-state index is 10.4. The fraction of sp³-hybridized carbons (Fsp3) is 0.450. The third-order valence-corrected chi connectivity index (χ3v) is 4.86. The zero-order chi connectivity index (χ0) is 18.0. The van der Waals surface area contributed by atoms with Gasteiger partial charge in [0.25, 0.3) is 0 Å². The maximum Gasteiger partial charge on any atom is 0.303 e. The number of hydrogen-bond acceptors (Lipinski definition) is 1. The average molecular weight is 552 g/mol. The van der Waals surface area contributed by atoms with Gasteiger partial charge in [0.1, 0.15) is 0 Å². The fourth-order valence-corrected chi connectivity index (χ4v) is 2.83. The van der Waals surface area contributed by atoms with Crippen LogP contribution in [0.4, 0.5) is 0 Å². The van der Waals surface area contributed by atoms with Gasteiger partial charge in [-0.15, -0.1) is 0 Å². The molecule has 4 heteroatoms. The first-order valence-electron chi connectivity index (χ1n) is 8.19. The average Bonchev–Trinajstić information content (AvgIpc) is 2.54. The van der Waals surface area contributed by atoms with Gasteiger partial charge in [0.15, 0.2) is 0 Å². The van der Waals surface area contributed by atoms with Crippen LogP contribution in [0.1, 0.15) is 58.3 Å². The second-order valence-electron chi connectivity index (χ2n) is 5.13. The van der Waals surface area contributed by atoms with E-state index in [1.165, 1.54) is 7.16 Å². The first-order chi connectivity index (χ1) is 11.6. The number of allylic oxidation sites excluding steroid dienone is 8. The second-order valence-corrected chi connectivity index (χ2v) is 7.90. The molecule has 0 aromatic rings. The van der Waals surface area contributed by atoms with E-state index in [9.17, 15) is 4.79 Å². The van der Waals surface area contributed by atoms with Crippen LogP contribution in [0.15, 0.2) is 43.6 Å². The molecule has 0 aromatic carbocycles. The minimum Gasteiger partial charge on any atom is -0.481 e. The van der Waals surface area contributed by atoms with E-state index in [0.29, 0.717) is 6.42 Å². The van der Waals surface area contributed by atoms with Crippen molar-refractivity contribution in [1.29, 1.82) is 0 Å². The van der Waals surface area contributed by atoms with E-state index < -0.39 is 5.97 Å². The van der Waals surface area contributed by atoms with Crippen LogP contribution >= 0.6 is 45.2 Å². The van der Waals surface area contributed by atoms with E-state index in [1.54, 1.807) is 0 Å². The van der Waals surface area contributed by atoms with Crippen LogP contribution in [0.5, 0.6) is 0 Å². The van der Waals surface area contributed by atoms with Crippen LogP contribution < -0.4 is 0 Å². The predicted molar refractivity (Wildman–Crippen MR) is 121 cm³/mol. The van der Waals surface area contributed by atoms with Crippen LogP contribution in [0.2, 0.25) is 0 Å². The molecule has 0 fully saturated rings. The summed E-state index contributed by atoms with van der Waals surface area (Å²) in [4.78, 5) is 10.4. The lowest BCUT2D eigenvalue weighted by molar-refractivity contribution is -0.137. The van der Waals surface area contributed by atoms with Crippen LogP contribution in [0.25, 0.3) is 0 Å². The Morgan fingerprint density at radius 1 is 0.958 bits per heavy atom. The summed E-state index contributed by atoms with van der Waals surface area (Å²) in [7, 11) is 0. The Morgan fingerprint density at radius 2 is 1.71 bits per heavy atom. The topological polar surface area (TPSA) is 37.3 Å². The summed E-state index contributed by atoms with van der Waals surface area (Å²) >= 11 is 4.69. The van der Waals surface area contributed by atoms with Gasteiger partial charge < -0.3 is 5.11 Å². The Balaban J connectivity index is 3.83. The molecule has 0 saturated heterocycles. The van der Waals surface area contributed by atoms with Gasteiger partial charge >= 0.3 is 5.97 Å². The van der Waals surface area contributed by atoms with E-state index in [4.69, 9.17) is 5.11 Å². The summed E-state index contributed by atoms with van der Waals surface area (Å²) in [5.74, 6) is 5.61. The third-order valence-electron chi connectivity index (χ3n) is 3.00. The number of aliphatic carboxylic acids is 1. The lowest BCUT2D eigenvalue weighted by atomic mass is 10.2. The van der Waals surface area contributed by atoms with Crippen LogP contribution in [-0.2, 0) is 4.79 Å². The molecule has 0 radical (unpaired) electrons. The number of hydrogen-bond donors (Lipinski definition) is 1. The number of rotatable bonds is 11. The molecule has 24 heavy (non-hydrogen) atoms. The summed E-state index contributed by atoms with van der Waals surface area (Å²) < 4.78 is 2.62. The van der Waals surface area contributed by atoms with Gasteiger partial charge in [-0.25, -0.2) is 0 Å². The van der Waals surface area contributed by atoms with Gasteiger partial charge in [-0.1, -0.05) is 48.3 Å². The minimum absolute atomic E-state index is 0.245. The third kappa shape index (κ3) is 17.8. The van der Waals surface area contributed by atoms with Gasteiger partial charge in [0.05, 0.1) is 0 Å². The van der Waals surface area contributed by atoms with E-state index in [-0.39, 0.29) is 6.42 Å². The van der Waals surface area contributed by atoms with Crippen molar-refractivity contribution in [2.45, 2.75) is 58.3 Å². The smallest absolute Gasteiger partial charge is 0.303 e. The molecule has 0 rings (SSSR count). The molecular formula is C20H26I2O2. The normalized spacial score (nSPS) is 12.6. The summed E-state index contributed by atoms with van der Waals surface area (Å²) in [5.41, 5.74) is 0. The van der Waals surface area contributed by atoms with Crippen molar-refractivity contribution in [3.05, 3.63) is 43.6 Å². The maximum absolute atomic E-state index is 10.4. The molecule has 2 nitrogen and oxygen atoms in total. The summed E-state index contributed by atoms with van der Waals surface area (Å²) in [6.07, 6.45) is 19.3. The molecular weight excluding hydrogens is 526 g/mol. The highest BCUT2D eigenvalue weighted by molar-refractivity contribution is 14.1. The lowest BCUT2D eigenvalue weighted by Gasteiger charge is -1.94. The van der Waals surface area contributed by atoms with Gasteiger partial charge in [0.2, 0.25) is 0 Å². The van der Waals surface area contributed by atoms with Crippen LogP contribution in [-0.4, -0.2) is 11.1 Å². The van der Waals surface area contributed by atoms with E-state index in [1.807, 2.05) is 6.92 Å². The molecule has 0 saturated carbocycles. The Morgan fingerprint density at radius 3 is 2.42 bits per heavy atom. The van der Waals surface area contributed by atoms with Gasteiger partial charge in [-0.05, 0) is 91.4 Å². The molecule has 0 amide bonds. The summed E-state index contributed by atoms with van der Waals surface area (Å²) in [6, 6.07) is 0. The quantitative estimate of drug-likeness (QED) is 0.130. The predicted octanol–water partition coefficient (Wildman–Crippen LogP) is 6.97. The molecule has 0 unspecified atom stereocenters. The monoisotopic (exact) mass is 552 g/mol. The molecule has 0 aliphatic rings. The van der Waals surface area contributed by atoms with E-state index in [2.05, 4.69) is 93.5 Å². The zero-order valence-electron chi connectivity index (χ0n) is 14.2. The van der Waals surface area contributed by atoms with Gasteiger partial charge in [0, 0.05) is 19.3 Å². The first kappa shape index (κ1) is 23.4. The molecule has 0 heterocycles. The van der Waals surface area contributed by atoms with E-state index in [0.717, 1.165) is 38.5 Å². The SMILES string of the molecule is C/C=C/CC/C(I)=C\CC#CC/C=C\C/C(I)=C\CCCC(=O)O. The van der Waals surface area contributed by atoms with Crippen LogP contribution in [0, 0.1) is 11.8 Å². The molecule has 0 spiro atoms. The Hall–Kier alpha value is -0.550. The lowest BCUT2D eigenvalue weighted by Crippen LogP contribution is -1.92. The second kappa shape index (κ2) is 17.3.